The van der Waals surface area contributed by atoms with Crippen LogP contribution in [0, 0.1) is 18.8 Å². The van der Waals surface area contributed by atoms with Crippen LogP contribution in [0.25, 0.3) is 0 Å². The first-order valence-corrected chi connectivity index (χ1v) is 8.59. The standard InChI is InChI=1S/C16H19NO3S/c1-10-4-6-14(7-5-10)21(19,20)17-9-13-8-15(18)11(2)16(13)12(17)3/h4-8,11-12,16H,9H2,1-3H3/t11-,12+,16-/m0/s1. The zero-order valence-electron chi connectivity index (χ0n) is 12.4. The Balaban J connectivity index is 1.97. The van der Waals surface area contributed by atoms with Crippen molar-refractivity contribution in [1.29, 1.82) is 0 Å². The molecule has 0 unspecified atom stereocenters. The Labute approximate surface area is 125 Å². The number of hydrogen-bond donors (Lipinski definition) is 0. The molecule has 112 valence electrons. The molecule has 3 rings (SSSR count). The second kappa shape index (κ2) is 4.78. The van der Waals surface area contributed by atoms with E-state index >= 15 is 0 Å². The van der Waals surface area contributed by atoms with Gasteiger partial charge in [0.15, 0.2) is 5.78 Å². The van der Waals surface area contributed by atoms with Gasteiger partial charge in [0.05, 0.1) is 4.90 Å². The second-order valence-electron chi connectivity index (χ2n) is 6.04. The van der Waals surface area contributed by atoms with Gasteiger partial charge in [-0.25, -0.2) is 8.42 Å². The Morgan fingerprint density at radius 3 is 2.33 bits per heavy atom. The maximum absolute atomic E-state index is 12.8. The summed E-state index contributed by atoms with van der Waals surface area (Å²) in [6.45, 7) is 6.04. The summed E-state index contributed by atoms with van der Waals surface area (Å²) in [6, 6.07) is 6.73. The minimum atomic E-state index is -3.51. The van der Waals surface area contributed by atoms with Crippen LogP contribution < -0.4 is 0 Å². The maximum Gasteiger partial charge on any atom is 0.243 e. The molecule has 5 heteroatoms. The molecule has 0 amide bonds. The van der Waals surface area contributed by atoms with E-state index in [9.17, 15) is 13.2 Å². The summed E-state index contributed by atoms with van der Waals surface area (Å²) in [5.74, 6) is 0.0279. The third-order valence-corrected chi connectivity index (χ3v) is 6.63. The molecule has 0 N–H and O–H groups in total. The molecule has 2 aliphatic rings. The lowest BCUT2D eigenvalue weighted by molar-refractivity contribution is -0.118. The molecule has 0 spiro atoms. The largest absolute Gasteiger partial charge is 0.295 e. The Kier molecular flexibility index (Phi) is 3.30. The molecule has 4 nitrogen and oxygen atoms in total. The molecule has 0 aromatic heterocycles. The van der Waals surface area contributed by atoms with Crippen LogP contribution in [0.1, 0.15) is 19.4 Å². The van der Waals surface area contributed by atoms with Crippen LogP contribution in [0.3, 0.4) is 0 Å². The third-order valence-electron chi connectivity index (χ3n) is 4.68. The van der Waals surface area contributed by atoms with Crippen LogP contribution >= 0.6 is 0 Å². The van der Waals surface area contributed by atoms with Gasteiger partial charge in [0.1, 0.15) is 0 Å². The zero-order valence-corrected chi connectivity index (χ0v) is 13.2. The van der Waals surface area contributed by atoms with E-state index in [2.05, 4.69) is 0 Å². The predicted molar refractivity (Wildman–Crippen MR) is 80.3 cm³/mol. The number of nitrogens with zero attached hydrogens (tertiary/aromatic N) is 1. The first-order valence-electron chi connectivity index (χ1n) is 7.15. The van der Waals surface area contributed by atoms with Crippen molar-refractivity contribution in [2.24, 2.45) is 11.8 Å². The van der Waals surface area contributed by atoms with Crippen LogP contribution in [-0.4, -0.2) is 31.1 Å². The van der Waals surface area contributed by atoms with Gasteiger partial charge in [-0.05, 0) is 37.6 Å². The molecular formula is C16H19NO3S. The monoisotopic (exact) mass is 305 g/mol. The average Bonchev–Trinajstić information content (AvgIpc) is 2.89. The number of benzene rings is 1. The van der Waals surface area contributed by atoms with E-state index in [1.165, 1.54) is 4.31 Å². The highest BCUT2D eigenvalue weighted by Gasteiger charge is 2.48. The number of hydrogen-bond acceptors (Lipinski definition) is 3. The molecule has 3 atom stereocenters. The normalized spacial score (nSPS) is 29.6. The first kappa shape index (κ1) is 14.5. The Morgan fingerprint density at radius 2 is 1.76 bits per heavy atom. The van der Waals surface area contributed by atoms with Crippen molar-refractivity contribution in [2.45, 2.75) is 31.7 Å². The van der Waals surface area contributed by atoms with Crippen LogP contribution in [0.4, 0.5) is 0 Å². The topological polar surface area (TPSA) is 54.5 Å². The average molecular weight is 305 g/mol. The summed E-state index contributed by atoms with van der Waals surface area (Å²) in [5, 5.41) is 0. The Hall–Kier alpha value is -1.46. The van der Waals surface area contributed by atoms with Gasteiger partial charge >= 0.3 is 0 Å². The summed E-state index contributed by atoms with van der Waals surface area (Å²) in [6.07, 6.45) is 1.64. The van der Waals surface area contributed by atoms with E-state index in [-0.39, 0.29) is 23.7 Å². The highest BCUT2D eigenvalue weighted by Crippen LogP contribution is 2.42. The lowest BCUT2D eigenvalue weighted by Gasteiger charge is -2.25. The molecule has 1 saturated heterocycles. The minimum Gasteiger partial charge on any atom is -0.295 e. The first-order chi connectivity index (χ1) is 9.82. The van der Waals surface area contributed by atoms with E-state index in [0.717, 1.165) is 11.1 Å². The van der Waals surface area contributed by atoms with Gasteiger partial charge < -0.3 is 0 Å². The van der Waals surface area contributed by atoms with Crippen molar-refractivity contribution < 1.29 is 13.2 Å². The molecule has 1 aromatic rings. The number of carbonyl (C=O) groups is 1. The number of ketones is 1. The van der Waals surface area contributed by atoms with Gasteiger partial charge in [-0.1, -0.05) is 24.6 Å². The fourth-order valence-electron chi connectivity index (χ4n) is 3.44. The molecule has 0 saturated carbocycles. The number of aryl methyl sites for hydroxylation is 1. The highest BCUT2D eigenvalue weighted by atomic mass is 32.2. The Morgan fingerprint density at radius 1 is 1.14 bits per heavy atom. The maximum atomic E-state index is 12.8. The van der Waals surface area contributed by atoms with Crippen molar-refractivity contribution in [1.82, 2.24) is 4.31 Å². The van der Waals surface area contributed by atoms with Crippen molar-refractivity contribution in [3.8, 4) is 0 Å². The van der Waals surface area contributed by atoms with E-state index < -0.39 is 10.0 Å². The van der Waals surface area contributed by atoms with Crippen molar-refractivity contribution in [3.05, 3.63) is 41.5 Å². The van der Waals surface area contributed by atoms with Crippen molar-refractivity contribution >= 4 is 15.8 Å². The number of fused-ring (bicyclic) bond motifs is 1. The number of sulfonamides is 1. The van der Waals surface area contributed by atoms with Crippen molar-refractivity contribution in [2.75, 3.05) is 6.54 Å². The molecular weight excluding hydrogens is 286 g/mol. The van der Waals surface area contributed by atoms with E-state index in [0.29, 0.717) is 11.4 Å². The van der Waals surface area contributed by atoms with Gasteiger partial charge in [0, 0.05) is 24.4 Å². The minimum absolute atomic E-state index is 0.0257. The van der Waals surface area contributed by atoms with E-state index in [4.69, 9.17) is 0 Å². The SMILES string of the molecule is Cc1ccc(S(=O)(=O)N2CC3=CC(=O)[C@H](C)[C@H]3[C@H]2C)cc1. The van der Waals surface area contributed by atoms with Gasteiger partial charge in [-0.3, -0.25) is 4.79 Å². The van der Waals surface area contributed by atoms with Gasteiger partial charge in [-0.2, -0.15) is 4.31 Å². The summed E-state index contributed by atoms with van der Waals surface area (Å²) < 4.78 is 27.1. The number of carbonyl (C=O) groups excluding carboxylic acids is 1. The summed E-state index contributed by atoms with van der Waals surface area (Å²) in [4.78, 5) is 12.1. The van der Waals surface area contributed by atoms with Gasteiger partial charge in [0.25, 0.3) is 0 Å². The molecule has 21 heavy (non-hydrogen) atoms. The second-order valence-corrected chi connectivity index (χ2v) is 7.93. The highest BCUT2D eigenvalue weighted by molar-refractivity contribution is 7.89. The zero-order chi connectivity index (χ0) is 15.4. The molecule has 1 fully saturated rings. The van der Waals surface area contributed by atoms with Crippen LogP contribution in [0.2, 0.25) is 0 Å². The van der Waals surface area contributed by atoms with E-state index in [1.807, 2.05) is 20.8 Å². The predicted octanol–water partition coefficient (Wildman–Crippen LogP) is 2.15. The molecule has 0 bridgehead atoms. The van der Waals surface area contributed by atoms with E-state index in [1.54, 1.807) is 30.3 Å². The summed E-state index contributed by atoms with van der Waals surface area (Å²) in [7, 11) is -3.51. The van der Waals surface area contributed by atoms with Gasteiger partial charge in [-0.15, -0.1) is 0 Å². The Bertz CT molecular complexity index is 718. The molecule has 1 heterocycles. The quantitative estimate of drug-likeness (QED) is 0.841. The van der Waals surface area contributed by atoms with Gasteiger partial charge in [0.2, 0.25) is 10.0 Å². The molecule has 1 aliphatic carbocycles. The van der Waals surface area contributed by atoms with Crippen molar-refractivity contribution in [3.63, 3.8) is 0 Å². The fourth-order valence-corrected chi connectivity index (χ4v) is 5.08. The van der Waals surface area contributed by atoms with Crippen LogP contribution in [0.15, 0.2) is 40.8 Å². The summed E-state index contributed by atoms with van der Waals surface area (Å²) >= 11 is 0. The smallest absolute Gasteiger partial charge is 0.243 e. The lowest BCUT2D eigenvalue weighted by Crippen LogP contribution is -2.37. The van der Waals surface area contributed by atoms with Crippen LogP contribution in [-0.2, 0) is 14.8 Å². The molecule has 1 aromatic carbocycles. The molecule has 0 radical (unpaired) electrons. The summed E-state index contributed by atoms with van der Waals surface area (Å²) in [5.41, 5.74) is 1.98. The number of allylic oxidation sites excluding steroid dienone is 1. The lowest BCUT2D eigenvalue weighted by atomic mass is 9.89. The fraction of sp³-hybridized carbons (Fsp3) is 0.438. The van der Waals surface area contributed by atoms with Crippen LogP contribution in [0.5, 0.6) is 0 Å². The number of rotatable bonds is 2. The molecule has 1 aliphatic heterocycles. The third kappa shape index (κ3) is 2.15.